The molecule has 0 spiro atoms. The maximum Gasteiger partial charge on any atom is 2.00 e. The van der Waals surface area contributed by atoms with Gasteiger partial charge >= 0.3 is 34.1 Å². The molecular formula is C44H46Cl2Cu2N8O14. The minimum Gasteiger partial charge on any atom is -0.870 e. The van der Waals surface area contributed by atoms with Gasteiger partial charge in [-0.05, 0) is 84.9 Å². The van der Waals surface area contributed by atoms with Crippen molar-refractivity contribution in [3.63, 3.8) is 0 Å². The molecule has 0 saturated carbocycles. The Morgan fingerprint density at radius 3 is 0.657 bits per heavy atom. The van der Waals surface area contributed by atoms with Gasteiger partial charge in [0.05, 0.1) is 34.2 Å². The van der Waals surface area contributed by atoms with Crippen molar-refractivity contribution >= 4 is 11.6 Å². The van der Waals surface area contributed by atoms with Gasteiger partial charge in [-0.1, -0.05) is 47.9 Å². The van der Waals surface area contributed by atoms with Crippen LogP contribution in [0.1, 0.15) is 34.2 Å². The number of carbonyl (C=O) groups is 2. The van der Waals surface area contributed by atoms with E-state index in [-0.39, 0.29) is 34.1 Å². The molecule has 0 atom stereocenters. The first kappa shape index (κ1) is 66.5. The number of aliphatic hydroxyl groups is 2. The quantitative estimate of drug-likeness (QED) is 0.0850. The summed E-state index contributed by atoms with van der Waals surface area (Å²) in [4.78, 5) is 51.8. The number of pyridine rings is 6. The summed E-state index contributed by atoms with van der Waals surface area (Å²) in [6.07, 6.45) is 12.0. The summed E-state index contributed by atoms with van der Waals surface area (Å²) in [6.45, 7) is 4.63. The third-order valence-corrected chi connectivity index (χ3v) is 7.68. The molecule has 0 bridgehead atoms. The van der Waals surface area contributed by atoms with Crippen LogP contribution in [0.15, 0.2) is 170 Å². The maximum atomic E-state index is 10.3. The molecular weight excluding hydrogens is 1060 g/mol. The molecule has 0 unspecified atom stereocenters. The Balaban J connectivity index is 0. The summed E-state index contributed by atoms with van der Waals surface area (Å²) >= 11 is 0. The van der Waals surface area contributed by atoms with Crippen LogP contribution < -0.4 is 47.5 Å². The van der Waals surface area contributed by atoms with E-state index >= 15 is 0 Å². The van der Waals surface area contributed by atoms with Crippen LogP contribution in [0.5, 0.6) is 0 Å². The van der Waals surface area contributed by atoms with Crippen LogP contribution in [0.3, 0.4) is 0 Å². The molecule has 0 aliphatic heterocycles. The molecule has 6 aromatic heterocycles. The number of rotatable bonds is 12. The van der Waals surface area contributed by atoms with Crippen LogP contribution in [0.4, 0.5) is 0 Å². The Bertz CT molecular complexity index is 1950. The van der Waals surface area contributed by atoms with Crippen molar-refractivity contribution in [3.8, 4) is 0 Å². The minimum absolute atomic E-state index is 0. The molecule has 2 radical (unpaired) electrons. The van der Waals surface area contributed by atoms with E-state index in [1.54, 1.807) is 0 Å². The SMILES string of the molecule is CO.CO.O=C1C=C([O-])C(=O)C=C1[O-].[Cu+2].[Cu+2].[O-][Cl+3]([O-])([O-])[O-].[O-][Cl+3]([O-])([O-])[O-].c1ccc(CN(Cc2ccccn2)Cc2ccccn2)nc1.c1ccc(CN(Cc2ccccn2)Cc2ccccn2)nc1. The second-order valence-electron chi connectivity index (χ2n) is 12.7. The molecule has 22 nitrogen and oxygen atoms in total. The summed E-state index contributed by atoms with van der Waals surface area (Å²) in [5.74, 6) is -3.71. The van der Waals surface area contributed by atoms with E-state index in [1.165, 1.54) is 0 Å². The minimum atomic E-state index is -4.94. The Kier molecular flexibility index (Phi) is 36.4. The average Bonchev–Trinajstić information content (AvgIpc) is 3.31. The molecule has 26 heteroatoms. The molecule has 70 heavy (non-hydrogen) atoms. The number of hydrogen-bond donors (Lipinski definition) is 2. The zero-order chi connectivity index (χ0) is 50.8. The van der Waals surface area contributed by atoms with Crippen LogP contribution in [-0.2, 0) is 83.0 Å². The summed E-state index contributed by atoms with van der Waals surface area (Å²) in [6, 6.07) is 36.0. The van der Waals surface area contributed by atoms with Gasteiger partial charge in [-0.2, -0.15) is 0 Å². The van der Waals surface area contributed by atoms with E-state index in [9.17, 15) is 19.8 Å². The average molecular weight is 1110 g/mol. The van der Waals surface area contributed by atoms with Gasteiger partial charge in [-0.3, -0.25) is 49.3 Å². The van der Waals surface area contributed by atoms with Gasteiger partial charge in [-0.25, -0.2) is 37.3 Å². The van der Waals surface area contributed by atoms with Gasteiger partial charge in [0.1, 0.15) is 0 Å². The zero-order valence-corrected chi connectivity index (χ0v) is 40.4. The molecule has 1 aliphatic rings. The molecule has 0 aromatic carbocycles. The largest absolute Gasteiger partial charge is 2.00 e. The third-order valence-electron chi connectivity index (χ3n) is 7.68. The Morgan fingerprint density at radius 2 is 0.529 bits per heavy atom. The fourth-order valence-electron chi connectivity index (χ4n) is 5.18. The van der Waals surface area contributed by atoms with E-state index in [4.69, 9.17) is 47.5 Å². The predicted molar refractivity (Wildman–Crippen MR) is 214 cm³/mol. The third kappa shape index (κ3) is 34.7. The van der Waals surface area contributed by atoms with Gasteiger partial charge in [-0.15, -0.1) is 20.5 Å². The van der Waals surface area contributed by atoms with Crippen molar-refractivity contribution in [1.82, 2.24) is 39.7 Å². The second kappa shape index (κ2) is 38.2. The van der Waals surface area contributed by atoms with Gasteiger partial charge in [0.25, 0.3) is 0 Å². The van der Waals surface area contributed by atoms with E-state index in [1.807, 2.05) is 146 Å². The van der Waals surface area contributed by atoms with Crippen LogP contribution >= 0.6 is 0 Å². The zero-order valence-electron chi connectivity index (χ0n) is 37.0. The molecule has 0 amide bonds. The first-order chi connectivity index (χ1) is 32.4. The number of halogens is 2. The van der Waals surface area contributed by atoms with Crippen LogP contribution in [0, 0.1) is 20.5 Å². The predicted octanol–water partition coefficient (Wildman–Crippen LogP) is -6.53. The summed E-state index contributed by atoms with van der Waals surface area (Å²) in [5, 5.41) is 34.7. The Labute approximate surface area is 428 Å². The fourth-order valence-corrected chi connectivity index (χ4v) is 5.18. The van der Waals surface area contributed by atoms with Gasteiger partial charge < -0.3 is 20.4 Å². The van der Waals surface area contributed by atoms with Crippen molar-refractivity contribution in [2.24, 2.45) is 0 Å². The maximum absolute atomic E-state index is 10.3. The van der Waals surface area contributed by atoms with Crippen LogP contribution in [0.2, 0.25) is 0 Å². The number of carbonyl (C=O) groups excluding carboxylic acids is 2. The van der Waals surface area contributed by atoms with Crippen molar-refractivity contribution in [3.05, 3.63) is 204 Å². The Morgan fingerprint density at radius 1 is 0.371 bits per heavy atom. The van der Waals surface area contributed by atoms with E-state index in [0.717, 1.165) is 87.7 Å². The molecule has 0 fully saturated rings. The molecule has 6 aromatic rings. The van der Waals surface area contributed by atoms with Crippen LogP contribution in [-0.4, -0.2) is 75.7 Å². The number of nitrogens with zero attached hydrogens (tertiary/aromatic N) is 8. The fraction of sp³-hybridized carbons (Fsp3) is 0.182. The topological polar surface area (TPSA) is 389 Å². The van der Waals surface area contributed by atoms with E-state index in [2.05, 4.69) is 39.7 Å². The number of hydrogen-bond acceptors (Lipinski definition) is 22. The summed E-state index contributed by atoms with van der Waals surface area (Å²) < 4.78 is 67.9. The summed E-state index contributed by atoms with van der Waals surface area (Å²) in [7, 11) is -7.89. The first-order valence-corrected chi connectivity index (χ1v) is 21.7. The summed E-state index contributed by atoms with van der Waals surface area (Å²) in [5.41, 5.74) is 6.30. The van der Waals surface area contributed by atoms with Crippen molar-refractivity contribution in [2.75, 3.05) is 14.2 Å². The van der Waals surface area contributed by atoms with Crippen molar-refractivity contribution in [1.29, 1.82) is 0 Å². The Hall–Kier alpha value is -5.54. The van der Waals surface area contributed by atoms with Gasteiger partial charge in [0, 0.05) is 90.7 Å². The second-order valence-corrected chi connectivity index (χ2v) is 14.2. The van der Waals surface area contributed by atoms with Gasteiger partial charge in [0.15, 0.2) is 11.6 Å². The molecule has 382 valence electrons. The van der Waals surface area contributed by atoms with Crippen molar-refractivity contribution in [2.45, 2.75) is 39.3 Å². The van der Waals surface area contributed by atoms with Crippen LogP contribution in [0.25, 0.3) is 0 Å². The molecule has 1 aliphatic carbocycles. The number of allylic oxidation sites excluding steroid dienone is 2. The standard InChI is InChI=1S/2C18H18N4.C6H4O4.2CH4O.2ClHO4.2Cu/c2*1-4-10-19-16(7-1)13-22(14-17-8-2-5-11-20-17)15-18-9-3-6-12-21-18;7-3-1-4(8)6(10)2-5(3)9;2*1-2;2*2-1(3,4)5;;/h2*1-12H,13-15H2;1-2,7,10H;2*2H,1H3;2*(H,2,3,4,5);;/q;;;;;;;2*+2/p-4. The number of aliphatic hydroxyl groups excluding tert-OH is 2. The molecule has 6 heterocycles. The molecule has 0 saturated heterocycles. The van der Waals surface area contributed by atoms with E-state index in [0.29, 0.717) is 12.2 Å². The van der Waals surface area contributed by atoms with Gasteiger partial charge in [0.2, 0.25) is 0 Å². The van der Waals surface area contributed by atoms with Crippen molar-refractivity contribution < 1.29 is 122 Å². The molecule has 2 N–H and O–H groups in total. The normalized spacial score (nSPS) is 11.3. The smallest absolute Gasteiger partial charge is 0.870 e. The number of ketones is 2. The monoisotopic (exact) mass is 1110 g/mol. The first-order valence-electron chi connectivity index (χ1n) is 19.2. The number of aromatic nitrogens is 6. The molecule has 7 rings (SSSR count). The van der Waals surface area contributed by atoms with E-state index < -0.39 is 43.6 Å².